The van der Waals surface area contributed by atoms with Gasteiger partial charge < -0.3 is 9.84 Å². The molecule has 1 aromatic carbocycles. The lowest BCUT2D eigenvalue weighted by Crippen LogP contribution is -2.21. The molecule has 1 N–H and O–H groups in total. The number of hydrogen-bond donors (Lipinski definition) is 1. The van der Waals surface area contributed by atoms with Gasteiger partial charge >= 0.3 is 0 Å². The molecular weight excluding hydrogens is 286 g/mol. The third-order valence-corrected chi connectivity index (χ3v) is 4.37. The summed E-state index contributed by atoms with van der Waals surface area (Å²) in [7, 11) is 0. The van der Waals surface area contributed by atoms with E-state index in [-0.39, 0.29) is 0 Å². The number of aromatic nitrogens is 2. The minimum absolute atomic E-state index is 0.370. The van der Waals surface area contributed by atoms with Crippen LogP contribution in [0.25, 0.3) is 10.9 Å². The molecule has 4 nitrogen and oxygen atoms in total. The van der Waals surface area contributed by atoms with Crippen molar-refractivity contribution >= 4 is 10.9 Å². The molecule has 0 radical (unpaired) electrons. The Bertz CT molecular complexity index is 803. The third kappa shape index (κ3) is 3.27. The zero-order valence-corrected chi connectivity index (χ0v) is 14.2. The zero-order valence-electron chi connectivity index (χ0n) is 14.2. The molecule has 0 saturated carbocycles. The van der Waals surface area contributed by atoms with Gasteiger partial charge in [-0.05, 0) is 44.4 Å². The molecule has 0 aliphatic carbocycles. The van der Waals surface area contributed by atoms with Crippen molar-refractivity contribution in [2.24, 2.45) is 0 Å². The molecule has 0 fully saturated rings. The van der Waals surface area contributed by atoms with Crippen molar-refractivity contribution in [3.05, 3.63) is 58.6 Å². The van der Waals surface area contributed by atoms with E-state index in [1.807, 2.05) is 19.9 Å². The molecule has 3 aromatic rings. The Morgan fingerprint density at radius 1 is 1.13 bits per heavy atom. The molecule has 2 heterocycles. The van der Waals surface area contributed by atoms with Crippen LogP contribution in [0.4, 0.5) is 0 Å². The quantitative estimate of drug-likeness (QED) is 0.772. The van der Waals surface area contributed by atoms with Crippen LogP contribution in [0.1, 0.15) is 41.1 Å². The van der Waals surface area contributed by atoms with Gasteiger partial charge in [-0.25, -0.2) is 0 Å². The van der Waals surface area contributed by atoms with Crippen molar-refractivity contribution in [3.63, 3.8) is 0 Å². The Hall–Kier alpha value is -2.20. The fourth-order valence-electron chi connectivity index (χ4n) is 3.15. The summed E-state index contributed by atoms with van der Waals surface area (Å²) in [5.41, 5.74) is 5.58. The predicted octanol–water partition coefficient (Wildman–Crippen LogP) is 4.04. The first-order chi connectivity index (χ1) is 11.1. The maximum atomic E-state index is 5.26. The van der Waals surface area contributed by atoms with Crippen LogP contribution in [-0.2, 0) is 6.54 Å². The second-order valence-electron chi connectivity index (χ2n) is 6.20. The number of fused-ring (bicyclic) bond motifs is 1. The fraction of sp³-hybridized carbons (Fsp3) is 0.368. The van der Waals surface area contributed by atoms with Gasteiger partial charge in [0.1, 0.15) is 5.76 Å². The SMILES string of the molecule is Cc1nc2ccccc2cc1CNCC(C)c1c(C)noc1C. The molecule has 0 spiro atoms. The molecule has 0 aliphatic rings. The molecule has 0 aliphatic heterocycles. The molecule has 0 bridgehead atoms. The van der Waals surface area contributed by atoms with Gasteiger partial charge in [-0.3, -0.25) is 4.98 Å². The molecule has 3 rings (SSSR count). The molecule has 1 atom stereocenters. The molecule has 23 heavy (non-hydrogen) atoms. The van der Waals surface area contributed by atoms with Crippen LogP contribution >= 0.6 is 0 Å². The number of nitrogens with one attached hydrogen (secondary N) is 1. The summed E-state index contributed by atoms with van der Waals surface area (Å²) in [5.74, 6) is 1.29. The monoisotopic (exact) mass is 309 g/mol. The van der Waals surface area contributed by atoms with Gasteiger partial charge in [0.15, 0.2) is 0 Å². The van der Waals surface area contributed by atoms with E-state index in [0.29, 0.717) is 5.92 Å². The lowest BCUT2D eigenvalue weighted by atomic mass is 9.99. The average Bonchev–Trinajstić information content (AvgIpc) is 2.86. The molecule has 1 unspecified atom stereocenters. The highest BCUT2D eigenvalue weighted by atomic mass is 16.5. The summed E-state index contributed by atoms with van der Waals surface area (Å²) < 4.78 is 5.26. The van der Waals surface area contributed by atoms with E-state index < -0.39 is 0 Å². The van der Waals surface area contributed by atoms with Gasteiger partial charge in [-0.1, -0.05) is 30.3 Å². The first-order valence-electron chi connectivity index (χ1n) is 8.05. The van der Waals surface area contributed by atoms with E-state index in [0.717, 1.165) is 35.8 Å². The number of rotatable bonds is 5. The van der Waals surface area contributed by atoms with Gasteiger partial charge in [0.05, 0.1) is 11.2 Å². The minimum atomic E-state index is 0.370. The lowest BCUT2D eigenvalue weighted by molar-refractivity contribution is 0.391. The van der Waals surface area contributed by atoms with Crippen molar-refractivity contribution in [3.8, 4) is 0 Å². The first-order valence-corrected chi connectivity index (χ1v) is 8.05. The highest BCUT2D eigenvalue weighted by Gasteiger charge is 2.16. The number of para-hydroxylation sites is 1. The summed E-state index contributed by atoms with van der Waals surface area (Å²) >= 11 is 0. The second-order valence-corrected chi connectivity index (χ2v) is 6.20. The van der Waals surface area contributed by atoms with Crippen LogP contribution in [-0.4, -0.2) is 16.7 Å². The third-order valence-electron chi connectivity index (χ3n) is 4.37. The Morgan fingerprint density at radius 3 is 2.65 bits per heavy atom. The standard InChI is InChI=1S/C19H23N3O/c1-12(19-14(3)22-23-15(19)4)10-20-11-17-9-16-7-5-6-8-18(16)21-13(17)2/h5-9,12,20H,10-11H2,1-4H3. The van der Waals surface area contributed by atoms with Crippen LogP contribution in [0, 0.1) is 20.8 Å². The number of aryl methyl sites for hydroxylation is 3. The van der Waals surface area contributed by atoms with E-state index in [4.69, 9.17) is 4.52 Å². The van der Waals surface area contributed by atoms with Crippen molar-refractivity contribution in [1.29, 1.82) is 0 Å². The number of pyridine rings is 1. The van der Waals surface area contributed by atoms with Gasteiger partial charge in [0, 0.05) is 29.7 Å². The summed E-state index contributed by atoms with van der Waals surface area (Å²) in [6, 6.07) is 10.5. The van der Waals surface area contributed by atoms with E-state index in [1.165, 1.54) is 16.5 Å². The summed E-state index contributed by atoms with van der Waals surface area (Å²) in [4.78, 5) is 4.69. The van der Waals surface area contributed by atoms with Crippen LogP contribution in [0.2, 0.25) is 0 Å². The maximum Gasteiger partial charge on any atom is 0.137 e. The molecule has 0 saturated heterocycles. The summed E-state index contributed by atoms with van der Waals surface area (Å²) in [6.45, 7) is 9.95. The highest BCUT2D eigenvalue weighted by molar-refractivity contribution is 5.79. The van der Waals surface area contributed by atoms with Crippen LogP contribution < -0.4 is 5.32 Å². The van der Waals surface area contributed by atoms with Gasteiger partial charge in [0.25, 0.3) is 0 Å². The van der Waals surface area contributed by atoms with Crippen molar-refractivity contribution < 1.29 is 4.52 Å². The van der Waals surface area contributed by atoms with Crippen LogP contribution in [0.3, 0.4) is 0 Å². The van der Waals surface area contributed by atoms with E-state index in [2.05, 4.69) is 53.6 Å². The fourth-order valence-corrected chi connectivity index (χ4v) is 3.15. The lowest BCUT2D eigenvalue weighted by Gasteiger charge is -2.14. The molecule has 0 amide bonds. The minimum Gasteiger partial charge on any atom is -0.361 e. The Balaban J connectivity index is 1.68. The summed E-state index contributed by atoms with van der Waals surface area (Å²) in [5, 5.41) is 8.77. The summed E-state index contributed by atoms with van der Waals surface area (Å²) in [6.07, 6.45) is 0. The van der Waals surface area contributed by atoms with E-state index in [1.54, 1.807) is 0 Å². The molecule has 120 valence electrons. The topological polar surface area (TPSA) is 51.0 Å². The Morgan fingerprint density at radius 2 is 1.91 bits per heavy atom. The second kappa shape index (κ2) is 6.50. The first kappa shape index (κ1) is 15.7. The maximum absolute atomic E-state index is 5.26. The van der Waals surface area contributed by atoms with Crippen molar-refractivity contribution in [1.82, 2.24) is 15.5 Å². The predicted molar refractivity (Wildman–Crippen MR) is 92.6 cm³/mol. The number of nitrogens with zero attached hydrogens (tertiary/aromatic N) is 2. The highest BCUT2D eigenvalue weighted by Crippen LogP contribution is 2.22. The van der Waals surface area contributed by atoms with Crippen LogP contribution in [0.5, 0.6) is 0 Å². The molecule has 4 heteroatoms. The van der Waals surface area contributed by atoms with Gasteiger partial charge in [-0.15, -0.1) is 0 Å². The zero-order chi connectivity index (χ0) is 16.4. The smallest absolute Gasteiger partial charge is 0.137 e. The largest absolute Gasteiger partial charge is 0.361 e. The van der Waals surface area contributed by atoms with Gasteiger partial charge in [0.2, 0.25) is 0 Å². The van der Waals surface area contributed by atoms with Crippen molar-refractivity contribution in [2.45, 2.75) is 40.2 Å². The Kier molecular flexibility index (Phi) is 4.44. The molecular formula is C19H23N3O. The van der Waals surface area contributed by atoms with Crippen LogP contribution in [0.15, 0.2) is 34.9 Å². The van der Waals surface area contributed by atoms with E-state index in [9.17, 15) is 0 Å². The van der Waals surface area contributed by atoms with Crippen molar-refractivity contribution in [2.75, 3.05) is 6.54 Å². The number of hydrogen-bond acceptors (Lipinski definition) is 4. The van der Waals surface area contributed by atoms with E-state index >= 15 is 0 Å². The average molecular weight is 309 g/mol. The Labute approximate surface area is 136 Å². The number of benzene rings is 1. The normalized spacial score (nSPS) is 12.7. The molecule has 2 aromatic heterocycles. The van der Waals surface area contributed by atoms with Gasteiger partial charge in [-0.2, -0.15) is 0 Å².